The lowest BCUT2D eigenvalue weighted by Crippen LogP contribution is -2.51. The molecule has 0 aliphatic carbocycles. The van der Waals surface area contributed by atoms with Crippen molar-refractivity contribution in [3.8, 4) is 0 Å². The fourth-order valence-electron chi connectivity index (χ4n) is 2.47. The van der Waals surface area contributed by atoms with Crippen LogP contribution in [0.4, 0.5) is 0 Å². The van der Waals surface area contributed by atoms with Crippen LogP contribution in [-0.4, -0.2) is 48.6 Å². The average molecular weight is 284 g/mol. The zero-order valence-corrected chi connectivity index (χ0v) is 13.5. The molecule has 0 aromatic rings. The Balaban J connectivity index is 2.63. The molecule has 1 fully saturated rings. The number of hydrogen-bond donors (Lipinski definition) is 1. The largest absolute Gasteiger partial charge is 0.469 e. The molecule has 1 N–H and O–H groups in total. The number of methoxy groups -OCH3 is 1. The Bertz CT molecular complexity index is 368. The fourth-order valence-corrected chi connectivity index (χ4v) is 2.47. The molecule has 0 saturated carbocycles. The van der Waals surface area contributed by atoms with Crippen molar-refractivity contribution in [2.24, 2.45) is 11.8 Å². The number of esters is 1. The molecule has 1 amide bonds. The summed E-state index contributed by atoms with van der Waals surface area (Å²) in [5, 5.41) is 3.06. The number of nitrogens with one attached hydrogen (secondary N) is 1. The van der Waals surface area contributed by atoms with Crippen molar-refractivity contribution in [2.75, 3.05) is 20.2 Å². The molecule has 3 atom stereocenters. The van der Waals surface area contributed by atoms with E-state index in [2.05, 4.69) is 17.1 Å². The van der Waals surface area contributed by atoms with Gasteiger partial charge in [-0.3, -0.25) is 14.5 Å². The van der Waals surface area contributed by atoms with Gasteiger partial charge in [0.2, 0.25) is 5.91 Å². The van der Waals surface area contributed by atoms with Gasteiger partial charge in [-0.15, -0.1) is 0 Å². The SMILES string of the molecule is CCC(C)(C)NC(=O)C(C)N1CC(C)C(C(=O)OC)C1. The first-order chi connectivity index (χ1) is 9.21. The third kappa shape index (κ3) is 3.95. The topological polar surface area (TPSA) is 58.6 Å². The molecule has 5 heteroatoms. The van der Waals surface area contributed by atoms with E-state index in [1.54, 1.807) is 0 Å². The Morgan fingerprint density at radius 1 is 1.40 bits per heavy atom. The van der Waals surface area contributed by atoms with E-state index in [1.165, 1.54) is 7.11 Å². The minimum atomic E-state index is -0.224. The highest BCUT2D eigenvalue weighted by Gasteiger charge is 2.39. The van der Waals surface area contributed by atoms with Gasteiger partial charge in [0.25, 0.3) is 0 Å². The van der Waals surface area contributed by atoms with Crippen LogP contribution >= 0.6 is 0 Å². The van der Waals surface area contributed by atoms with Crippen molar-refractivity contribution in [3.63, 3.8) is 0 Å². The van der Waals surface area contributed by atoms with Gasteiger partial charge >= 0.3 is 5.97 Å². The monoisotopic (exact) mass is 284 g/mol. The van der Waals surface area contributed by atoms with Gasteiger partial charge in [0.15, 0.2) is 0 Å². The van der Waals surface area contributed by atoms with Crippen LogP contribution in [0.2, 0.25) is 0 Å². The molecule has 0 aromatic heterocycles. The van der Waals surface area contributed by atoms with Crippen LogP contribution < -0.4 is 5.32 Å². The third-order valence-corrected chi connectivity index (χ3v) is 4.42. The second kappa shape index (κ2) is 6.57. The Morgan fingerprint density at radius 2 is 2.00 bits per heavy atom. The summed E-state index contributed by atoms with van der Waals surface area (Å²) in [7, 11) is 1.41. The number of carbonyl (C=O) groups is 2. The minimum absolute atomic E-state index is 0.0227. The van der Waals surface area contributed by atoms with E-state index in [0.29, 0.717) is 6.54 Å². The van der Waals surface area contributed by atoms with Crippen molar-refractivity contribution in [3.05, 3.63) is 0 Å². The van der Waals surface area contributed by atoms with Crippen LogP contribution in [0.5, 0.6) is 0 Å². The van der Waals surface area contributed by atoms with Gasteiger partial charge in [-0.2, -0.15) is 0 Å². The second-order valence-electron chi connectivity index (χ2n) is 6.46. The summed E-state index contributed by atoms with van der Waals surface area (Å²) in [4.78, 5) is 26.0. The minimum Gasteiger partial charge on any atom is -0.469 e. The summed E-state index contributed by atoms with van der Waals surface area (Å²) in [5.41, 5.74) is -0.196. The summed E-state index contributed by atoms with van der Waals surface area (Å²) in [5.74, 6) is -0.0672. The van der Waals surface area contributed by atoms with Crippen LogP contribution in [-0.2, 0) is 14.3 Å². The molecule has 3 unspecified atom stereocenters. The Labute approximate surface area is 122 Å². The van der Waals surface area contributed by atoms with E-state index < -0.39 is 0 Å². The van der Waals surface area contributed by atoms with Crippen LogP contribution in [0.1, 0.15) is 41.0 Å². The molecule has 0 bridgehead atoms. The van der Waals surface area contributed by atoms with E-state index in [9.17, 15) is 9.59 Å². The van der Waals surface area contributed by atoms with Gasteiger partial charge in [-0.25, -0.2) is 0 Å². The van der Waals surface area contributed by atoms with Crippen LogP contribution in [0.15, 0.2) is 0 Å². The highest BCUT2D eigenvalue weighted by molar-refractivity contribution is 5.82. The molecule has 0 radical (unpaired) electrons. The average Bonchev–Trinajstić information content (AvgIpc) is 2.78. The quantitative estimate of drug-likeness (QED) is 0.776. The summed E-state index contributed by atoms with van der Waals surface area (Å²) in [6, 6.07) is -0.224. The number of rotatable bonds is 5. The smallest absolute Gasteiger partial charge is 0.310 e. The maximum absolute atomic E-state index is 12.3. The Hall–Kier alpha value is -1.10. The highest BCUT2D eigenvalue weighted by atomic mass is 16.5. The lowest BCUT2D eigenvalue weighted by atomic mass is 9.99. The van der Waals surface area contributed by atoms with E-state index in [-0.39, 0.29) is 35.3 Å². The molecule has 116 valence electrons. The van der Waals surface area contributed by atoms with Gasteiger partial charge < -0.3 is 10.1 Å². The predicted octanol–water partition coefficient (Wildman–Crippen LogP) is 1.42. The summed E-state index contributed by atoms with van der Waals surface area (Å²) >= 11 is 0. The van der Waals surface area contributed by atoms with E-state index in [4.69, 9.17) is 4.74 Å². The predicted molar refractivity (Wildman–Crippen MR) is 78.2 cm³/mol. The van der Waals surface area contributed by atoms with Gasteiger partial charge in [-0.1, -0.05) is 13.8 Å². The van der Waals surface area contributed by atoms with E-state index >= 15 is 0 Å². The Morgan fingerprint density at radius 3 is 2.50 bits per heavy atom. The molecule has 5 nitrogen and oxygen atoms in total. The molecule has 1 saturated heterocycles. The van der Waals surface area contributed by atoms with Crippen molar-refractivity contribution in [2.45, 2.75) is 52.6 Å². The van der Waals surface area contributed by atoms with Gasteiger partial charge in [0.1, 0.15) is 0 Å². The lowest BCUT2D eigenvalue weighted by molar-refractivity contribution is -0.146. The molecule has 20 heavy (non-hydrogen) atoms. The zero-order valence-electron chi connectivity index (χ0n) is 13.5. The lowest BCUT2D eigenvalue weighted by Gasteiger charge is -2.30. The van der Waals surface area contributed by atoms with Gasteiger partial charge in [0.05, 0.1) is 19.1 Å². The third-order valence-electron chi connectivity index (χ3n) is 4.42. The summed E-state index contributed by atoms with van der Waals surface area (Å²) in [6.45, 7) is 11.4. The first-order valence-corrected chi connectivity index (χ1v) is 7.35. The van der Waals surface area contributed by atoms with Crippen molar-refractivity contribution < 1.29 is 14.3 Å². The first kappa shape index (κ1) is 17.0. The van der Waals surface area contributed by atoms with Crippen LogP contribution in [0, 0.1) is 11.8 Å². The second-order valence-corrected chi connectivity index (χ2v) is 6.46. The van der Waals surface area contributed by atoms with Gasteiger partial charge in [0, 0.05) is 18.6 Å². The normalized spacial score (nSPS) is 25.3. The van der Waals surface area contributed by atoms with E-state index in [1.807, 2.05) is 27.7 Å². The van der Waals surface area contributed by atoms with Crippen LogP contribution in [0.25, 0.3) is 0 Å². The highest BCUT2D eigenvalue weighted by Crippen LogP contribution is 2.26. The summed E-state index contributed by atoms with van der Waals surface area (Å²) < 4.78 is 4.82. The van der Waals surface area contributed by atoms with Crippen molar-refractivity contribution in [1.82, 2.24) is 10.2 Å². The number of amides is 1. The molecule has 0 aromatic carbocycles. The maximum Gasteiger partial charge on any atom is 0.310 e. The molecule has 1 aliphatic rings. The number of hydrogen-bond acceptors (Lipinski definition) is 4. The molecular formula is C15H28N2O3. The molecule has 0 spiro atoms. The molecule has 1 heterocycles. The number of nitrogens with zero attached hydrogens (tertiary/aromatic N) is 1. The number of likely N-dealkylation sites (tertiary alicyclic amines) is 1. The van der Waals surface area contributed by atoms with Crippen LogP contribution in [0.3, 0.4) is 0 Å². The fraction of sp³-hybridized carbons (Fsp3) is 0.867. The zero-order chi connectivity index (χ0) is 15.5. The molecular weight excluding hydrogens is 256 g/mol. The van der Waals surface area contributed by atoms with Gasteiger partial charge in [-0.05, 0) is 33.1 Å². The maximum atomic E-state index is 12.3. The summed E-state index contributed by atoms with van der Waals surface area (Å²) in [6.07, 6.45) is 0.882. The van der Waals surface area contributed by atoms with Crippen molar-refractivity contribution in [1.29, 1.82) is 0 Å². The Kier molecular flexibility index (Phi) is 5.57. The standard InChI is InChI=1S/C15H28N2O3/c1-7-15(4,5)16-13(18)11(3)17-8-10(2)12(9-17)14(19)20-6/h10-12H,7-9H2,1-6H3,(H,16,18). The molecule has 1 rings (SSSR count). The van der Waals surface area contributed by atoms with Crippen molar-refractivity contribution >= 4 is 11.9 Å². The molecule has 1 aliphatic heterocycles. The first-order valence-electron chi connectivity index (χ1n) is 7.35. The number of carbonyl (C=O) groups excluding carboxylic acids is 2. The number of ether oxygens (including phenoxy) is 1. The van der Waals surface area contributed by atoms with E-state index in [0.717, 1.165) is 13.0 Å².